The molecule has 0 bridgehead atoms. The third-order valence-corrected chi connectivity index (χ3v) is 2.29. The predicted octanol–water partition coefficient (Wildman–Crippen LogP) is 1.13. The molecular weight excluding hydrogens is 164 g/mol. The molecule has 3 heteroatoms. The van der Waals surface area contributed by atoms with Crippen molar-refractivity contribution in [2.45, 2.75) is 45.3 Å². The van der Waals surface area contributed by atoms with E-state index in [4.69, 9.17) is 10.5 Å². The number of ether oxygens (including phenoxy) is 1. The van der Waals surface area contributed by atoms with Crippen LogP contribution in [0.1, 0.15) is 33.1 Å². The zero-order chi connectivity index (χ0) is 10.1. The summed E-state index contributed by atoms with van der Waals surface area (Å²) in [5, 5.41) is 3.40. The van der Waals surface area contributed by atoms with E-state index in [1.54, 1.807) is 7.11 Å². The third kappa shape index (κ3) is 6.99. The Hall–Kier alpha value is -0.120. The molecule has 3 N–H and O–H groups in total. The Labute approximate surface area is 82.0 Å². The maximum atomic E-state index is 5.64. The lowest BCUT2D eigenvalue weighted by Gasteiger charge is -2.18. The topological polar surface area (TPSA) is 47.3 Å². The summed E-state index contributed by atoms with van der Waals surface area (Å²) in [5.74, 6) is 0. The Morgan fingerprint density at radius 3 is 2.62 bits per heavy atom. The van der Waals surface area contributed by atoms with Crippen LogP contribution in [0.2, 0.25) is 0 Å². The fourth-order valence-corrected chi connectivity index (χ4v) is 1.17. The molecule has 13 heavy (non-hydrogen) atoms. The van der Waals surface area contributed by atoms with E-state index in [2.05, 4.69) is 19.2 Å². The standard InChI is InChI=1S/C10H24N2O/c1-4-5-6-10(7-11)12-8-9(2)13-3/h9-10,12H,4-8,11H2,1-3H3. The van der Waals surface area contributed by atoms with Gasteiger partial charge in [0.15, 0.2) is 0 Å². The average molecular weight is 188 g/mol. The summed E-state index contributed by atoms with van der Waals surface area (Å²) in [5.41, 5.74) is 5.64. The maximum Gasteiger partial charge on any atom is 0.0667 e. The van der Waals surface area contributed by atoms with E-state index >= 15 is 0 Å². The highest BCUT2D eigenvalue weighted by atomic mass is 16.5. The van der Waals surface area contributed by atoms with E-state index in [1.807, 2.05) is 0 Å². The monoisotopic (exact) mass is 188 g/mol. The van der Waals surface area contributed by atoms with Gasteiger partial charge < -0.3 is 15.8 Å². The molecule has 0 amide bonds. The van der Waals surface area contributed by atoms with Gasteiger partial charge in [-0.3, -0.25) is 0 Å². The van der Waals surface area contributed by atoms with Gasteiger partial charge in [0.25, 0.3) is 0 Å². The molecule has 0 aliphatic carbocycles. The Balaban J connectivity index is 3.46. The van der Waals surface area contributed by atoms with E-state index < -0.39 is 0 Å². The van der Waals surface area contributed by atoms with Gasteiger partial charge in [0.2, 0.25) is 0 Å². The molecule has 0 heterocycles. The molecule has 0 saturated heterocycles. The third-order valence-electron chi connectivity index (χ3n) is 2.29. The van der Waals surface area contributed by atoms with Crippen LogP contribution in [-0.4, -0.2) is 32.3 Å². The highest BCUT2D eigenvalue weighted by Gasteiger charge is 2.06. The second-order valence-corrected chi connectivity index (χ2v) is 3.53. The van der Waals surface area contributed by atoms with Crippen molar-refractivity contribution in [3.05, 3.63) is 0 Å². The molecule has 0 saturated carbocycles. The van der Waals surface area contributed by atoms with Gasteiger partial charge in [-0.05, 0) is 13.3 Å². The van der Waals surface area contributed by atoms with Crippen molar-refractivity contribution in [2.24, 2.45) is 5.73 Å². The van der Waals surface area contributed by atoms with Crippen LogP contribution in [-0.2, 0) is 4.74 Å². The summed E-state index contributed by atoms with van der Waals surface area (Å²) in [6.45, 7) is 5.87. The average Bonchev–Trinajstić information content (AvgIpc) is 2.17. The molecule has 2 unspecified atom stereocenters. The molecular formula is C10H24N2O. The van der Waals surface area contributed by atoms with Crippen molar-refractivity contribution < 1.29 is 4.74 Å². The van der Waals surface area contributed by atoms with Gasteiger partial charge >= 0.3 is 0 Å². The van der Waals surface area contributed by atoms with Crippen LogP contribution in [0.5, 0.6) is 0 Å². The molecule has 0 rings (SSSR count). The SMILES string of the molecule is CCCCC(CN)NCC(C)OC. The van der Waals surface area contributed by atoms with E-state index in [0.717, 1.165) is 13.1 Å². The molecule has 0 fully saturated rings. The van der Waals surface area contributed by atoms with Gasteiger partial charge in [-0.1, -0.05) is 19.8 Å². The van der Waals surface area contributed by atoms with Crippen LogP contribution in [0.25, 0.3) is 0 Å². The minimum absolute atomic E-state index is 0.274. The summed E-state index contributed by atoms with van der Waals surface area (Å²) < 4.78 is 5.15. The molecule has 80 valence electrons. The largest absolute Gasteiger partial charge is 0.380 e. The number of hydrogen-bond donors (Lipinski definition) is 2. The quantitative estimate of drug-likeness (QED) is 0.600. The summed E-state index contributed by atoms with van der Waals surface area (Å²) in [6.07, 6.45) is 3.92. The van der Waals surface area contributed by atoms with Gasteiger partial charge in [-0.25, -0.2) is 0 Å². The van der Waals surface area contributed by atoms with Gasteiger partial charge in [-0.2, -0.15) is 0 Å². The minimum Gasteiger partial charge on any atom is -0.380 e. The smallest absolute Gasteiger partial charge is 0.0667 e. The maximum absolute atomic E-state index is 5.64. The molecule has 0 aromatic heterocycles. The van der Waals surface area contributed by atoms with Gasteiger partial charge in [0.05, 0.1) is 6.10 Å². The molecule has 0 aromatic rings. The molecule has 3 nitrogen and oxygen atoms in total. The highest BCUT2D eigenvalue weighted by Crippen LogP contribution is 1.99. The fraction of sp³-hybridized carbons (Fsp3) is 1.00. The first-order valence-electron chi connectivity index (χ1n) is 5.20. The van der Waals surface area contributed by atoms with Crippen LogP contribution in [0.3, 0.4) is 0 Å². The van der Waals surface area contributed by atoms with Crippen molar-refractivity contribution >= 4 is 0 Å². The summed E-state index contributed by atoms with van der Waals surface area (Å²) in [4.78, 5) is 0. The van der Waals surface area contributed by atoms with Gasteiger partial charge in [0.1, 0.15) is 0 Å². The lowest BCUT2D eigenvalue weighted by molar-refractivity contribution is 0.114. The number of nitrogens with two attached hydrogens (primary N) is 1. The molecule has 2 atom stereocenters. The summed E-state index contributed by atoms with van der Waals surface area (Å²) in [6, 6.07) is 0.456. The van der Waals surface area contributed by atoms with Crippen molar-refractivity contribution in [3.63, 3.8) is 0 Å². The normalized spacial score (nSPS) is 15.7. The zero-order valence-corrected chi connectivity index (χ0v) is 9.18. The summed E-state index contributed by atoms with van der Waals surface area (Å²) in [7, 11) is 1.73. The van der Waals surface area contributed by atoms with E-state index in [1.165, 1.54) is 19.3 Å². The highest BCUT2D eigenvalue weighted by molar-refractivity contribution is 4.68. The van der Waals surface area contributed by atoms with E-state index in [9.17, 15) is 0 Å². The number of nitrogens with one attached hydrogen (secondary N) is 1. The predicted molar refractivity (Wildman–Crippen MR) is 56.8 cm³/mol. The first kappa shape index (κ1) is 12.9. The molecule has 0 aliphatic heterocycles. The second-order valence-electron chi connectivity index (χ2n) is 3.53. The molecule has 0 aromatic carbocycles. The van der Waals surface area contributed by atoms with Crippen LogP contribution < -0.4 is 11.1 Å². The Morgan fingerprint density at radius 2 is 2.15 bits per heavy atom. The first-order chi connectivity index (χ1) is 6.24. The van der Waals surface area contributed by atoms with Crippen molar-refractivity contribution in [3.8, 4) is 0 Å². The number of methoxy groups -OCH3 is 1. The second kappa shape index (κ2) is 8.48. The first-order valence-corrected chi connectivity index (χ1v) is 5.20. The minimum atomic E-state index is 0.274. The van der Waals surface area contributed by atoms with Crippen LogP contribution in [0.15, 0.2) is 0 Å². The van der Waals surface area contributed by atoms with E-state index in [0.29, 0.717) is 6.04 Å². The van der Waals surface area contributed by atoms with E-state index in [-0.39, 0.29) is 6.10 Å². The van der Waals surface area contributed by atoms with Crippen molar-refractivity contribution in [1.82, 2.24) is 5.32 Å². The fourth-order valence-electron chi connectivity index (χ4n) is 1.17. The van der Waals surface area contributed by atoms with Crippen molar-refractivity contribution in [2.75, 3.05) is 20.2 Å². The number of unbranched alkanes of at least 4 members (excludes halogenated alkanes) is 1. The summed E-state index contributed by atoms with van der Waals surface area (Å²) >= 11 is 0. The Kier molecular flexibility index (Phi) is 8.40. The van der Waals surface area contributed by atoms with Gasteiger partial charge in [0, 0.05) is 26.2 Å². The number of hydrogen-bond acceptors (Lipinski definition) is 3. The molecule has 0 spiro atoms. The Morgan fingerprint density at radius 1 is 1.46 bits per heavy atom. The molecule has 0 radical (unpaired) electrons. The lowest BCUT2D eigenvalue weighted by atomic mass is 10.1. The number of rotatable bonds is 8. The Bertz CT molecular complexity index is 109. The van der Waals surface area contributed by atoms with Crippen LogP contribution in [0, 0.1) is 0 Å². The van der Waals surface area contributed by atoms with Gasteiger partial charge in [-0.15, -0.1) is 0 Å². The van der Waals surface area contributed by atoms with Crippen LogP contribution in [0.4, 0.5) is 0 Å². The van der Waals surface area contributed by atoms with Crippen LogP contribution >= 0.6 is 0 Å². The van der Waals surface area contributed by atoms with Crippen molar-refractivity contribution in [1.29, 1.82) is 0 Å². The molecule has 0 aliphatic rings. The lowest BCUT2D eigenvalue weighted by Crippen LogP contribution is -2.40. The zero-order valence-electron chi connectivity index (χ0n) is 9.18.